The summed E-state index contributed by atoms with van der Waals surface area (Å²) in [6.45, 7) is 0. The third kappa shape index (κ3) is 11.6. The van der Waals surface area contributed by atoms with E-state index in [1.807, 2.05) is 0 Å². The molecule has 0 nitrogen and oxygen atoms in total. The number of hydrogen-bond donors (Lipinski definition) is 0. The van der Waals surface area contributed by atoms with Gasteiger partial charge in [0, 0.05) is 10.5 Å². The summed E-state index contributed by atoms with van der Waals surface area (Å²) < 4.78 is 0. The lowest BCUT2D eigenvalue weighted by molar-refractivity contribution is 0.499. The summed E-state index contributed by atoms with van der Waals surface area (Å²) in [7, 11) is 0. The fraction of sp³-hybridized carbons (Fsp3) is 1.00. The van der Waals surface area contributed by atoms with Crippen molar-refractivity contribution in [3.63, 3.8) is 0 Å². The van der Waals surface area contributed by atoms with Crippen molar-refractivity contribution in [2.45, 2.75) is 152 Å². The van der Waals surface area contributed by atoms with E-state index in [0.29, 0.717) is 0 Å². The fourth-order valence-corrected chi connectivity index (χ4v) is 6.55. The van der Waals surface area contributed by atoms with Crippen molar-refractivity contribution in [3.8, 4) is 0 Å². The highest BCUT2D eigenvalue weighted by atomic mass is 32.2. The van der Waals surface area contributed by atoms with Gasteiger partial charge < -0.3 is 0 Å². The molecule has 0 radical (unpaired) electrons. The van der Waals surface area contributed by atoms with Gasteiger partial charge in [0.2, 0.25) is 0 Å². The lowest BCUT2D eigenvalue weighted by Crippen LogP contribution is -2.13. The molecule has 0 amide bonds. The Hall–Kier alpha value is 0.350. The van der Waals surface area contributed by atoms with E-state index in [-0.39, 0.29) is 0 Å². The van der Waals surface area contributed by atoms with Crippen molar-refractivity contribution >= 4 is 11.8 Å². The molecule has 2 fully saturated rings. The Morgan fingerprint density at radius 2 is 0.480 bits per heavy atom. The molecule has 1 heteroatoms. The van der Waals surface area contributed by atoms with Crippen LogP contribution in [0.2, 0.25) is 0 Å². The van der Waals surface area contributed by atoms with Crippen LogP contribution in [-0.2, 0) is 0 Å². The van der Waals surface area contributed by atoms with E-state index in [0.717, 1.165) is 10.5 Å². The molecule has 0 N–H and O–H groups in total. The van der Waals surface area contributed by atoms with Crippen molar-refractivity contribution in [1.29, 1.82) is 0 Å². The molecule has 2 aliphatic carbocycles. The van der Waals surface area contributed by atoms with Gasteiger partial charge in [-0.15, -0.1) is 0 Å². The van der Waals surface area contributed by atoms with Gasteiger partial charge >= 0.3 is 0 Å². The van der Waals surface area contributed by atoms with Crippen LogP contribution in [0.3, 0.4) is 0 Å². The molecule has 25 heavy (non-hydrogen) atoms. The van der Waals surface area contributed by atoms with Crippen LogP contribution < -0.4 is 0 Å². The minimum atomic E-state index is 0.984. The highest BCUT2D eigenvalue weighted by molar-refractivity contribution is 8.00. The molecule has 0 bridgehead atoms. The van der Waals surface area contributed by atoms with Gasteiger partial charge in [0.15, 0.2) is 0 Å². The molecule has 2 rings (SSSR count). The van der Waals surface area contributed by atoms with Crippen LogP contribution in [0.4, 0.5) is 0 Å². The molecular weight excluding hydrogens is 320 g/mol. The lowest BCUT2D eigenvalue weighted by Gasteiger charge is -2.24. The highest BCUT2D eigenvalue weighted by Crippen LogP contribution is 2.33. The second-order valence-electron chi connectivity index (χ2n) is 8.90. The first-order valence-electron chi connectivity index (χ1n) is 12.1. The van der Waals surface area contributed by atoms with Crippen molar-refractivity contribution in [2.75, 3.05) is 0 Å². The molecule has 2 saturated carbocycles. The van der Waals surface area contributed by atoms with Crippen LogP contribution >= 0.6 is 11.8 Å². The monoisotopic (exact) mass is 366 g/mol. The molecule has 0 aromatic heterocycles. The van der Waals surface area contributed by atoms with E-state index in [9.17, 15) is 0 Å². The van der Waals surface area contributed by atoms with Gasteiger partial charge in [0.1, 0.15) is 0 Å². The Bertz CT molecular complexity index is 236. The molecule has 148 valence electrons. The minimum absolute atomic E-state index is 0.984. The molecule has 0 aromatic rings. The van der Waals surface area contributed by atoms with E-state index in [1.54, 1.807) is 0 Å². The van der Waals surface area contributed by atoms with Crippen LogP contribution in [0.1, 0.15) is 141 Å². The Morgan fingerprint density at radius 3 is 0.720 bits per heavy atom. The van der Waals surface area contributed by atoms with Gasteiger partial charge in [-0.05, 0) is 25.7 Å². The predicted octanol–water partition coefficient (Wildman–Crippen LogP) is 9.07. The van der Waals surface area contributed by atoms with Crippen LogP contribution in [0.15, 0.2) is 0 Å². The average molecular weight is 367 g/mol. The van der Waals surface area contributed by atoms with Crippen LogP contribution in [0.5, 0.6) is 0 Å². The zero-order valence-corrected chi connectivity index (χ0v) is 17.9. The van der Waals surface area contributed by atoms with E-state index < -0.39 is 0 Å². The van der Waals surface area contributed by atoms with Gasteiger partial charge in [-0.2, -0.15) is 11.8 Å². The summed E-state index contributed by atoms with van der Waals surface area (Å²) in [5.74, 6) is 0. The molecule has 0 aromatic carbocycles. The number of thioether (sulfide) groups is 1. The van der Waals surface area contributed by atoms with Gasteiger partial charge in [-0.3, -0.25) is 0 Å². The van der Waals surface area contributed by atoms with Crippen LogP contribution in [0.25, 0.3) is 0 Å². The maximum Gasteiger partial charge on any atom is 0.00498 e. The number of rotatable bonds is 2. The van der Waals surface area contributed by atoms with Gasteiger partial charge in [-0.25, -0.2) is 0 Å². The summed E-state index contributed by atoms with van der Waals surface area (Å²) in [6.07, 6.45) is 33.1. The third-order valence-electron chi connectivity index (χ3n) is 6.49. The van der Waals surface area contributed by atoms with Crippen molar-refractivity contribution < 1.29 is 0 Å². The highest BCUT2D eigenvalue weighted by Gasteiger charge is 2.17. The largest absolute Gasteiger partial charge is 0.155 e. The van der Waals surface area contributed by atoms with E-state index >= 15 is 0 Å². The summed E-state index contributed by atoms with van der Waals surface area (Å²) in [4.78, 5) is 0. The maximum absolute atomic E-state index is 2.44. The Balaban J connectivity index is 1.75. The fourth-order valence-electron chi connectivity index (χ4n) is 4.80. The second kappa shape index (κ2) is 15.4. The van der Waals surface area contributed by atoms with E-state index in [1.165, 1.54) is 141 Å². The van der Waals surface area contributed by atoms with E-state index in [4.69, 9.17) is 0 Å². The minimum Gasteiger partial charge on any atom is -0.155 e. The smallest absolute Gasteiger partial charge is 0.00498 e. The maximum atomic E-state index is 2.44. The molecule has 2 aliphatic rings. The summed E-state index contributed by atoms with van der Waals surface area (Å²) in [5.41, 5.74) is 0. The zero-order valence-electron chi connectivity index (χ0n) is 17.1. The average Bonchev–Trinajstić information content (AvgIpc) is 2.59. The van der Waals surface area contributed by atoms with Crippen molar-refractivity contribution in [2.24, 2.45) is 0 Å². The summed E-state index contributed by atoms with van der Waals surface area (Å²) in [5, 5.41) is 1.97. The molecule has 0 unspecified atom stereocenters. The Morgan fingerprint density at radius 1 is 0.280 bits per heavy atom. The quantitative estimate of drug-likeness (QED) is 0.469. The summed E-state index contributed by atoms with van der Waals surface area (Å²) in [6, 6.07) is 0. The molecule has 0 saturated heterocycles. The topological polar surface area (TPSA) is 0 Å². The second-order valence-corrected chi connectivity index (χ2v) is 10.5. The zero-order chi connectivity index (χ0) is 17.4. The van der Waals surface area contributed by atoms with Crippen molar-refractivity contribution in [3.05, 3.63) is 0 Å². The first kappa shape index (κ1) is 21.6. The summed E-state index contributed by atoms with van der Waals surface area (Å²) >= 11 is 2.44. The molecule has 0 atom stereocenters. The lowest BCUT2D eigenvalue weighted by atomic mass is 10.0. The van der Waals surface area contributed by atoms with Gasteiger partial charge in [-0.1, -0.05) is 116 Å². The Labute approximate surface area is 163 Å². The molecular formula is C24H46S. The van der Waals surface area contributed by atoms with Gasteiger partial charge in [0.25, 0.3) is 0 Å². The number of hydrogen-bond acceptors (Lipinski definition) is 1. The molecule has 0 aliphatic heterocycles. The van der Waals surface area contributed by atoms with Gasteiger partial charge in [0.05, 0.1) is 0 Å². The van der Waals surface area contributed by atoms with E-state index in [2.05, 4.69) is 11.8 Å². The third-order valence-corrected chi connectivity index (χ3v) is 8.20. The molecule has 0 heterocycles. The normalized spacial score (nSPS) is 25.9. The Kier molecular flexibility index (Phi) is 13.3. The first-order chi connectivity index (χ1) is 12.4. The van der Waals surface area contributed by atoms with Crippen LogP contribution in [-0.4, -0.2) is 10.5 Å². The predicted molar refractivity (Wildman–Crippen MR) is 117 cm³/mol. The SMILES string of the molecule is C1CCCCCC(SC2CCCCCCCCCCC2)CCCCC1. The standard InChI is InChI=1S/C24H46S/c1-3-7-11-15-19-23(20-16-12-8-4-1)25-24-21-17-13-9-5-2-6-10-14-18-22-24/h23-24H,1-22H2. The van der Waals surface area contributed by atoms with Crippen molar-refractivity contribution in [1.82, 2.24) is 0 Å². The first-order valence-corrected chi connectivity index (χ1v) is 13.0. The van der Waals surface area contributed by atoms with Crippen LogP contribution in [0, 0.1) is 0 Å². The molecule has 0 spiro atoms.